The summed E-state index contributed by atoms with van der Waals surface area (Å²) in [7, 11) is 0.927. The van der Waals surface area contributed by atoms with Gasteiger partial charge in [-0.15, -0.1) is 0 Å². The first-order valence-electron chi connectivity index (χ1n) is 6.12. The Morgan fingerprint density at radius 1 is 1.00 bits per heavy atom. The Bertz CT molecular complexity index is 146. The lowest BCUT2D eigenvalue weighted by molar-refractivity contribution is -0.178. The number of nitrogens with zero attached hydrogens (tertiary/aromatic N) is 1. The van der Waals surface area contributed by atoms with Crippen LogP contribution in [0.4, 0.5) is 0 Å². The van der Waals surface area contributed by atoms with Crippen LogP contribution in [0.2, 0.25) is 0 Å². The zero-order valence-electron chi connectivity index (χ0n) is 11.0. The summed E-state index contributed by atoms with van der Waals surface area (Å²) in [5.74, 6) is 0. The van der Waals surface area contributed by atoms with Gasteiger partial charge in [0.15, 0.2) is 0 Å². The average molecular weight is 233 g/mol. The molecule has 0 bridgehead atoms. The van der Waals surface area contributed by atoms with E-state index in [1.807, 2.05) is 13.8 Å². The minimum absolute atomic E-state index is 0.272. The number of hydrogen-bond donors (Lipinski definition) is 0. The van der Waals surface area contributed by atoms with Gasteiger partial charge < -0.3 is 14.4 Å². The van der Waals surface area contributed by atoms with Crippen LogP contribution in [0.1, 0.15) is 34.1 Å². The fourth-order valence-corrected chi connectivity index (χ4v) is 2.50. The number of ether oxygens (including phenoxy) is 2. The van der Waals surface area contributed by atoms with Gasteiger partial charge in [0.1, 0.15) is 5.41 Å². The Balaban J connectivity index is 4.03. The first-order valence-corrected chi connectivity index (χ1v) is 7.12. The molecule has 0 unspecified atom stereocenters. The summed E-state index contributed by atoms with van der Waals surface area (Å²) in [5.41, 5.74) is -0.272. The smallest absolute Gasteiger partial charge is 0.142 e. The normalized spacial score (nSPS) is 12.6. The molecule has 0 aromatic rings. The predicted octanol–water partition coefficient (Wildman–Crippen LogP) is 0.810. The lowest BCUT2D eigenvalue weighted by atomic mass is 10.3. The first-order chi connectivity index (χ1) is 7.11. The Hall–Kier alpha value is 0.0969. The molecule has 15 heavy (non-hydrogen) atoms. The van der Waals surface area contributed by atoms with E-state index in [2.05, 4.69) is 18.7 Å². The third-order valence-corrected chi connectivity index (χ3v) is 3.75. The molecule has 92 valence electrons. The van der Waals surface area contributed by atoms with Crippen molar-refractivity contribution in [3.8, 4) is 0 Å². The Kier molecular flexibility index (Phi) is 8.33. The van der Waals surface area contributed by atoms with Gasteiger partial charge in [0, 0.05) is 26.2 Å². The molecule has 0 heterocycles. The van der Waals surface area contributed by atoms with Gasteiger partial charge in [-0.1, -0.05) is 13.8 Å². The molecule has 0 rings (SSSR count). The van der Waals surface area contributed by atoms with Crippen LogP contribution in [0.25, 0.3) is 0 Å². The summed E-state index contributed by atoms with van der Waals surface area (Å²) in [5, 5.41) is 0. The van der Waals surface area contributed by atoms with Crippen molar-refractivity contribution >= 4 is 10.2 Å². The monoisotopic (exact) mass is 233 g/mol. The second-order valence-corrected chi connectivity index (χ2v) is 5.30. The zero-order chi connectivity index (χ0) is 11.7. The summed E-state index contributed by atoms with van der Waals surface area (Å²) in [6.45, 7) is 13.2. The molecule has 0 spiro atoms. The number of rotatable bonds is 9. The molecule has 0 N–H and O–H groups in total. The van der Waals surface area contributed by atoms with E-state index in [9.17, 15) is 0 Å². The minimum Gasteiger partial charge on any atom is -0.355 e. The molecule has 0 aliphatic carbocycles. The van der Waals surface area contributed by atoms with Crippen molar-refractivity contribution in [2.45, 2.75) is 39.5 Å². The highest BCUT2D eigenvalue weighted by atomic mass is 28.1. The Morgan fingerprint density at radius 3 is 1.80 bits per heavy atom. The maximum Gasteiger partial charge on any atom is 0.142 e. The van der Waals surface area contributed by atoms with E-state index in [0.717, 1.165) is 49.5 Å². The van der Waals surface area contributed by atoms with Crippen LogP contribution < -0.4 is 0 Å². The fraction of sp³-hybridized carbons (Fsp3) is 1.00. The summed E-state index contributed by atoms with van der Waals surface area (Å²) in [6, 6.07) is 0. The molecule has 0 aromatic heterocycles. The fourth-order valence-electron chi connectivity index (χ4n) is 1.70. The Morgan fingerprint density at radius 2 is 1.47 bits per heavy atom. The molecule has 0 aliphatic rings. The molecule has 4 heteroatoms. The van der Waals surface area contributed by atoms with Crippen molar-refractivity contribution < 1.29 is 9.47 Å². The molecule has 3 nitrogen and oxygen atoms in total. The van der Waals surface area contributed by atoms with E-state index in [1.165, 1.54) is 0 Å². The summed E-state index contributed by atoms with van der Waals surface area (Å²) < 4.78 is 11.4. The highest BCUT2D eigenvalue weighted by Gasteiger charge is 2.24. The van der Waals surface area contributed by atoms with Gasteiger partial charge in [0.2, 0.25) is 0 Å². The van der Waals surface area contributed by atoms with Crippen molar-refractivity contribution in [1.29, 1.82) is 0 Å². The maximum absolute atomic E-state index is 5.72. The highest BCUT2D eigenvalue weighted by molar-refractivity contribution is 6.13. The largest absolute Gasteiger partial charge is 0.355 e. The topological polar surface area (TPSA) is 21.7 Å². The standard InChI is InChI=1S/C11H27NO2Si/c1-5-12(6-2)10-9-11(15,13-7-3)14-8-4/h5-10H2,1-4,15H3. The van der Waals surface area contributed by atoms with E-state index in [-0.39, 0.29) is 5.41 Å². The Labute approximate surface area is 97.5 Å². The van der Waals surface area contributed by atoms with E-state index in [0.29, 0.717) is 0 Å². The van der Waals surface area contributed by atoms with E-state index in [1.54, 1.807) is 0 Å². The van der Waals surface area contributed by atoms with Crippen LogP contribution in [-0.2, 0) is 9.47 Å². The molecule has 0 saturated heterocycles. The summed E-state index contributed by atoms with van der Waals surface area (Å²) in [4.78, 5) is 2.41. The van der Waals surface area contributed by atoms with Crippen LogP contribution in [-0.4, -0.2) is 53.4 Å². The van der Waals surface area contributed by atoms with Crippen molar-refractivity contribution in [2.24, 2.45) is 0 Å². The van der Waals surface area contributed by atoms with Gasteiger partial charge in [0.05, 0.1) is 10.2 Å². The van der Waals surface area contributed by atoms with Gasteiger partial charge in [-0.3, -0.25) is 0 Å². The molecule has 0 aliphatic heterocycles. The summed E-state index contributed by atoms with van der Waals surface area (Å²) in [6.07, 6.45) is 0.989. The molecule has 0 aromatic carbocycles. The molecule has 0 atom stereocenters. The molecule has 0 amide bonds. The first kappa shape index (κ1) is 15.1. The molecule has 0 saturated carbocycles. The van der Waals surface area contributed by atoms with Crippen LogP contribution >= 0.6 is 0 Å². The SMILES string of the molecule is CCOC([SiH3])(CCN(CC)CC)OCC. The maximum atomic E-state index is 5.72. The van der Waals surface area contributed by atoms with Crippen LogP contribution in [0.5, 0.6) is 0 Å². The van der Waals surface area contributed by atoms with E-state index in [4.69, 9.17) is 9.47 Å². The third kappa shape index (κ3) is 6.30. The molecular weight excluding hydrogens is 206 g/mol. The summed E-state index contributed by atoms with van der Waals surface area (Å²) >= 11 is 0. The van der Waals surface area contributed by atoms with Gasteiger partial charge >= 0.3 is 0 Å². The molecule has 0 radical (unpaired) electrons. The second kappa shape index (κ2) is 8.27. The van der Waals surface area contributed by atoms with Crippen LogP contribution in [0.3, 0.4) is 0 Å². The van der Waals surface area contributed by atoms with Crippen molar-refractivity contribution in [3.05, 3.63) is 0 Å². The number of hydrogen-bond acceptors (Lipinski definition) is 3. The lowest BCUT2D eigenvalue weighted by Gasteiger charge is -2.31. The molecular formula is C11H27NO2Si. The average Bonchev–Trinajstić information content (AvgIpc) is 2.20. The van der Waals surface area contributed by atoms with Crippen molar-refractivity contribution in [1.82, 2.24) is 4.90 Å². The minimum atomic E-state index is -0.272. The van der Waals surface area contributed by atoms with Gasteiger partial charge in [-0.05, 0) is 26.9 Å². The van der Waals surface area contributed by atoms with Crippen LogP contribution in [0.15, 0.2) is 0 Å². The lowest BCUT2D eigenvalue weighted by Crippen LogP contribution is -2.40. The second-order valence-electron chi connectivity index (χ2n) is 3.78. The predicted molar refractivity (Wildman–Crippen MR) is 68.3 cm³/mol. The van der Waals surface area contributed by atoms with Crippen molar-refractivity contribution in [3.63, 3.8) is 0 Å². The quantitative estimate of drug-likeness (QED) is 0.434. The van der Waals surface area contributed by atoms with E-state index >= 15 is 0 Å². The van der Waals surface area contributed by atoms with Crippen molar-refractivity contribution in [2.75, 3.05) is 32.8 Å². The third-order valence-electron chi connectivity index (χ3n) is 2.68. The van der Waals surface area contributed by atoms with Gasteiger partial charge in [-0.2, -0.15) is 0 Å². The van der Waals surface area contributed by atoms with Gasteiger partial charge in [0.25, 0.3) is 0 Å². The van der Waals surface area contributed by atoms with Gasteiger partial charge in [-0.25, -0.2) is 0 Å². The zero-order valence-corrected chi connectivity index (χ0v) is 13.0. The van der Waals surface area contributed by atoms with Crippen LogP contribution in [0, 0.1) is 0 Å². The van der Waals surface area contributed by atoms with E-state index < -0.39 is 0 Å². The highest BCUT2D eigenvalue weighted by Crippen LogP contribution is 2.14. The molecule has 0 fully saturated rings.